The Hall–Kier alpha value is -0.230. The van der Waals surface area contributed by atoms with Crippen LogP contribution < -0.4 is 0 Å². The van der Waals surface area contributed by atoms with E-state index in [1.807, 2.05) is 25.2 Å². The minimum absolute atomic E-state index is 0.139. The normalized spacial score (nSPS) is 13.8. The van der Waals surface area contributed by atoms with Gasteiger partial charge < -0.3 is 0 Å². The molecule has 1 atom stereocenters. The summed E-state index contributed by atoms with van der Waals surface area (Å²) in [4.78, 5) is 0. The van der Waals surface area contributed by atoms with Crippen molar-refractivity contribution in [2.24, 2.45) is 0 Å². The van der Waals surface area contributed by atoms with Crippen molar-refractivity contribution in [2.75, 3.05) is 0 Å². The van der Waals surface area contributed by atoms with Crippen LogP contribution >= 0.6 is 11.6 Å². The van der Waals surface area contributed by atoms with Crippen molar-refractivity contribution in [1.82, 2.24) is 0 Å². The molecule has 0 nitrogen and oxygen atoms in total. The minimum Gasteiger partial charge on any atom is -0.119 e. The molecule has 0 saturated carbocycles. The third kappa shape index (κ3) is 7.77. The third-order valence-electron chi connectivity index (χ3n) is 0.806. The van der Waals surface area contributed by atoms with E-state index in [-0.39, 0.29) is 5.38 Å². The molecule has 1 heteroatoms. The molecule has 0 aliphatic rings. The molecule has 0 heterocycles. The Labute approximate surface area is 62.2 Å². The van der Waals surface area contributed by atoms with Gasteiger partial charge in [-0.3, -0.25) is 0 Å². The van der Waals surface area contributed by atoms with Gasteiger partial charge in [-0.1, -0.05) is 23.8 Å². The van der Waals surface area contributed by atoms with Crippen LogP contribution in [0.1, 0.15) is 20.8 Å². The highest BCUT2D eigenvalue weighted by Gasteiger charge is 1.82. The number of allylic oxidation sites excluding steroid dienone is 4. The SMILES string of the molecule is CC(C)=C/C=C\C(C)Cl. The number of halogens is 1. The van der Waals surface area contributed by atoms with E-state index < -0.39 is 0 Å². The Kier molecular flexibility index (Phi) is 4.51. The van der Waals surface area contributed by atoms with E-state index in [9.17, 15) is 0 Å². The van der Waals surface area contributed by atoms with Crippen molar-refractivity contribution >= 4 is 11.6 Å². The molecule has 0 amide bonds. The first kappa shape index (κ1) is 8.77. The Morgan fingerprint density at radius 3 is 2.33 bits per heavy atom. The predicted molar refractivity (Wildman–Crippen MR) is 43.9 cm³/mol. The predicted octanol–water partition coefficient (Wildman–Crippen LogP) is 3.14. The largest absolute Gasteiger partial charge is 0.119 e. The summed E-state index contributed by atoms with van der Waals surface area (Å²) in [6.07, 6.45) is 5.97. The molecule has 0 radical (unpaired) electrons. The molecule has 1 unspecified atom stereocenters. The minimum atomic E-state index is 0.139. The molecule has 0 bridgehead atoms. The van der Waals surface area contributed by atoms with Crippen molar-refractivity contribution in [3.63, 3.8) is 0 Å². The molecule has 0 aliphatic carbocycles. The van der Waals surface area contributed by atoms with Gasteiger partial charge in [-0.05, 0) is 20.8 Å². The molecule has 0 aliphatic heterocycles. The van der Waals surface area contributed by atoms with Crippen molar-refractivity contribution < 1.29 is 0 Å². The van der Waals surface area contributed by atoms with Crippen LogP contribution in [-0.4, -0.2) is 5.38 Å². The van der Waals surface area contributed by atoms with E-state index in [1.54, 1.807) is 0 Å². The standard InChI is InChI=1S/C8H13Cl/c1-7(2)5-4-6-8(3)9/h4-6,8H,1-3H3/b6-4-. The van der Waals surface area contributed by atoms with E-state index in [4.69, 9.17) is 11.6 Å². The molecule has 0 N–H and O–H groups in total. The highest BCUT2D eigenvalue weighted by atomic mass is 35.5. The zero-order valence-corrected chi connectivity index (χ0v) is 6.94. The Morgan fingerprint density at radius 2 is 2.00 bits per heavy atom. The maximum Gasteiger partial charge on any atom is 0.0490 e. The lowest BCUT2D eigenvalue weighted by Crippen LogP contribution is -1.78. The van der Waals surface area contributed by atoms with Crippen LogP contribution in [0.4, 0.5) is 0 Å². The van der Waals surface area contributed by atoms with E-state index in [0.29, 0.717) is 0 Å². The fraction of sp³-hybridized carbons (Fsp3) is 0.500. The number of hydrogen-bond acceptors (Lipinski definition) is 0. The number of rotatable bonds is 2. The molecular formula is C8H13Cl. The second-order valence-electron chi connectivity index (χ2n) is 2.31. The van der Waals surface area contributed by atoms with Crippen molar-refractivity contribution in [3.05, 3.63) is 23.8 Å². The number of hydrogen-bond donors (Lipinski definition) is 0. The van der Waals surface area contributed by atoms with Gasteiger partial charge in [0.05, 0.1) is 0 Å². The quantitative estimate of drug-likeness (QED) is 0.413. The van der Waals surface area contributed by atoms with E-state index in [0.717, 1.165) is 0 Å². The molecule has 0 aromatic carbocycles. The van der Waals surface area contributed by atoms with Gasteiger partial charge in [-0.2, -0.15) is 0 Å². The van der Waals surface area contributed by atoms with Crippen LogP contribution in [0, 0.1) is 0 Å². The monoisotopic (exact) mass is 144 g/mol. The molecule has 9 heavy (non-hydrogen) atoms. The van der Waals surface area contributed by atoms with Gasteiger partial charge in [-0.15, -0.1) is 11.6 Å². The summed E-state index contributed by atoms with van der Waals surface area (Å²) < 4.78 is 0. The molecule has 0 saturated heterocycles. The average molecular weight is 145 g/mol. The highest BCUT2D eigenvalue weighted by molar-refractivity contribution is 6.21. The molecule has 0 fully saturated rings. The fourth-order valence-corrected chi connectivity index (χ4v) is 0.485. The van der Waals surface area contributed by atoms with E-state index in [2.05, 4.69) is 13.8 Å². The molecular weight excluding hydrogens is 132 g/mol. The fourth-order valence-electron chi connectivity index (χ4n) is 0.401. The summed E-state index contributed by atoms with van der Waals surface area (Å²) in [5, 5.41) is 0.139. The summed E-state index contributed by atoms with van der Waals surface area (Å²) in [5.41, 5.74) is 1.29. The molecule has 52 valence electrons. The summed E-state index contributed by atoms with van der Waals surface area (Å²) in [6.45, 7) is 6.06. The first-order valence-corrected chi connectivity index (χ1v) is 3.52. The highest BCUT2D eigenvalue weighted by Crippen LogP contribution is 1.96. The van der Waals surface area contributed by atoms with E-state index >= 15 is 0 Å². The van der Waals surface area contributed by atoms with Crippen molar-refractivity contribution in [2.45, 2.75) is 26.1 Å². The second-order valence-corrected chi connectivity index (χ2v) is 2.99. The van der Waals surface area contributed by atoms with Crippen LogP contribution in [0.3, 0.4) is 0 Å². The van der Waals surface area contributed by atoms with Crippen LogP contribution in [0.15, 0.2) is 23.8 Å². The summed E-state index contributed by atoms with van der Waals surface area (Å²) in [5.74, 6) is 0. The summed E-state index contributed by atoms with van der Waals surface area (Å²) in [6, 6.07) is 0. The van der Waals surface area contributed by atoms with Gasteiger partial charge in [0.15, 0.2) is 0 Å². The Balaban J connectivity index is 3.60. The van der Waals surface area contributed by atoms with Crippen LogP contribution in [-0.2, 0) is 0 Å². The molecule has 0 rings (SSSR count). The van der Waals surface area contributed by atoms with Crippen LogP contribution in [0.2, 0.25) is 0 Å². The molecule has 0 aromatic heterocycles. The van der Waals surface area contributed by atoms with Gasteiger partial charge in [-0.25, -0.2) is 0 Å². The van der Waals surface area contributed by atoms with E-state index in [1.165, 1.54) is 5.57 Å². The zero-order chi connectivity index (χ0) is 7.28. The Bertz CT molecular complexity index is 117. The molecule has 0 spiro atoms. The summed E-state index contributed by atoms with van der Waals surface area (Å²) >= 11 is 5.65. The number of alkyl halides is 1. The van der Waals surface area contributed by atoms with Crippen molar-refractivity contribution in [1.29, 1.82) is 0 Å². The summed E-state index contributed by atoms with van der Waals surface area (Å²) in [7, 11) is 0. The van der Waals surface area contributed by atoms with Crippen LogP contribution in [0.5, 0.6) is 0 Å². The van der Waals surface area contributed by atoms with Gasteiger partial charge in [0.2, 0.25) is 0 Å². The third-order valence-corrected chi connectivity index (χ3v) is 0.951. The zero-order valence-electron chi connectivity index (χ0n) is 6.19. The lowest BCUT2D eigenvalue weighted by Gasteiger charge is -1.87. The lowest BCUT2D eigenvalue weighted by atomic mass is 10.3. The van der Waals surface area contributed by atoms with Gasteiger partial charge in [0.25, 0.3) is 0 Å². The first-order valence-electron chi connectivity index (χ1n) is 3.08. The van der Waals surface area contributed by atoms with Gasteiger partial charge in [0.1, 0.15) is 0 Å². The van der Waals surface area contributed by atoms with Crippen molar-refractivity contribution in [3.8, 4) is 0 Å². The van der Waals surface area contributed by atoms with Gasteiger partial charge >= 0.3 is 0 Å². The lowest BCUT2D eigenvalue weighted by molar-refractivity contribution is 1.23. The first-order chi connectivity index (χ1) is 4.13. The van der Waals surface area contributed by atoms with Gasteiger partial charge in [0, 0.05) is 5.38 Å². The molecule has 0 aromatic rings. The van der Waals surface area contributed by atoms with Crippen LogP contribution in [0.25, 0.3) is 0 Å². The Morgan fingerprint density at radius 1 is 1.44 bits per heavy atom. The average Bonchev–Trinajstić information content (AvgIpc) is 1.63. The maximum atomic E-state index is 5.65. The topological polar surface area (TPSA) is 0 Å². The maximum absolute atomic E-state index is 5.65. The smallest absolute Gasteiger partial charge is 0.0490 e. The second kappa shape index (κ2) is 4.63.